The minimum Gasteiger partial charge on any atom is -0.356 e. The SMILES string of the molecule is NCCCCCC(=O)NCCCN(C(=O)Nc1ccc(Cl)cc1)c1ccccc1. The number of rotatable bonds is 11. The number of hydrogen-bond donors (Lipinski definition) is 3. The molecule has 3 amide bonds. The largest absolute Gasteiger partial charge is 0.356 e. The van der Waals surface area contributed by atoms with Crippen LogP contribution >= 0.6 is 11.6 Å². The summed E-state index contributed by atoms with van der Waals surface area (Å²) in [5.41, 5.74) is 6.93. The van der Waals surface area contributed by atoms with Gasteiger partial charge < -0.3 is 16.4 Å². The molecule has 0 bridgehead atoms. The van der Waals surface area contributed by atoms with Crippen LogP contribution in [0.3, 0.4) is 0 Å². The molecule has 0 aromatic heterocycles. The Labute approximate surface area is 177 Å². The lowest BCUT2D eigenvalue weighted by molar-refractivity contribution is -0.121. The molecular formula is C22H29ClN4O2. The molecule has 0 radical (unpaired) electrons. The van der Waals surface area contributed by atoms with E-state index >= 15 is 0 Å². The molecule has 6 nitrogen and oxygen atoms in total. The second-order valence-electron chi connectivity index (χ2n) is 6.73. The Hall–Kier alpha value is -2.57. The fourth-order valence-electron chi connectivity index (χ4n) is 2.84. The topological polar surface area (TPSA) is 87.5 Å². The highest BCUT2D eigenvalue weighted by Crippen LogP contribution is 2.18. The van der Waals surface area contributed by atoms with Crippen molar-refractivity contribution in [3.8, 4) is 0 Å². The molecule has 156 valence electrons. The summed E-state index contributed by atoms with van der Waals surface area (Å²) in [7, 11) is 0. The van der Waals surface area contributed by atoms with Crippen LogP contribution in [0.5, 0.6) is 0 Å². The Balaban J connectivity index is 1.86. The number of unbranched alkanes of at least 4 members (excludes halogenated alkanes) is 2. The number of amides is 3. The molecule has 0 unspecified atom stereocenters. The van der Waals surface area contributed by atoms with Gasteiger partial charge in [0, 0.05) is 35.9 Å². The number of nitrogens with one attached hydrogen (secondary N) is 2. The molecule has 29 heavy (non-hydrogen) atoms. The first kappa shape index (κ1) is 22.7. The summed E-state index contributed by atoms with van der Waals surface area (Å²) in [4.78, 5) is 26.4. The number of nitrogens with two attached hydrogens (primary N) is 1. The van der Waals surface area contributed by atoms with Gasteiger partial charge in [0.05, 0.1) is 0 Å². The number of nitrogens with zero attached hydrogens (tertiary/aromatic N) is 1. The predicted molar refractivity (Wildman–Crippen MR) is 119 cm³/mol. The fourth-order valence-corrected chi connectivity index (χ4v) is 2.97. The third-order valence-electron chi connectivity index (χ3n) is 4.40. The van der Waals surface area contributed by atoms with Crippen molar-refractivity contribution in [3.05, 3.63) is 59.6 Å². The van der Waals surface area contributed by atoms with Crippen molar-refractivity contribution in [2.75, 3.05) is 29.9 Å². The van der Waals surface area contributed by atoms with E-state index in [1.165, 1.54) is 0 Å². The maximum atomic E-state index is 12.8. The number of carbonyl (C=O) groups excluding carboxylic acids is 2. The average molecular weight is 417 g/mol. The minimum atomic E-state index is -0.230. The molecule has 4 N–H and O–H groups in total. The smallest absolute Gasteiger partial charge is 0.326 e. The predicted octanol–water partition coefficient (Wildman–Crippen LogP) is 4.40. The number of anilines is 2. The second kappa shape index (κ2) is 12.8. The van der Waals surface area contributed by atoms with E-state index < -0.39 is 0 Å². The minimum absolute atomic E-state index is 0.0406. The summed E-state index contributed by atoms with van der Waals surface area (Å²) in [5.74, 6) is 0.0406. The van der Waals surface area contributed by atoms with Gasteiger partial charge in [0.15, 0.2) is 0 Å². The molecule has 2 aromatic carbocycles. The first-order chi connectivity index (χ1) is 14.1. The highest BCUT2D eigenvalue weighted by atomic mass is 35.5. The quantitative estimate of drug-likeness (QED) is 0.474. The second-order valence-corrected chi connectivity index (χ2v) is 7.16. The molecule has 0 aliphatic rings. The van der Waals surface area contributed by atoms with E-state index in [-0.39, 0.29) is 11.9 Å². The van der Waals surface area contributed by atoms with Crippen LogP contribution in [0, 0.1) is 0 Å². The molecule has 0 spiro atoms. The van der Waals surface area contributed by atoms with Crippen LogP contribution in [-0.2, 0) is 4.79 Å². The zero-order valence-electron chi connectivity index (χ0n) is 16.6. The van der Waals surface area contributed by atoms with Crippen molar-refractivity contribution in [1.82, 2.24) is 5.32 Å². The summed E-state index contributed by atoms with van der Waals surface area (Å²) in [6, 6.07) is 16.2. The van der Waals surface area contributed by atoms with Crippen molar-refractivity contribution in [3.63, 3.8) is 0 Å². The van der Waals surface area contributed by atoms with E-state index in [0.29, 0.717) is 43.2 Å². The van der Waals surface area contributed by atoms with Gasteiger partial charge >= 0.3 is 6.03 Å². The van der Waals surface area contributed by atoms with Gasteiger partial charge in [-0.25, -0.2) is 4.79 Å². The average Bonchev–Trinajstić information content (AvgIpc) is 2.73. The van der Waals surface area contributed by atoms with Crippen LogP contribution in [0.25, 0.3) is 0 Å². The highest BCUT2D eigenvalue weighted by molar-refractivity contribution is 6.30. The molecular weight excluding hydrogens is 388 g/mol. The van der Waals surface area contributed by atoms with Gasteiger partial charge in [-0.1, -0.05) is 36.2 Å². The van der Waals surface area contributed by atoms with Crippen LogP contribution in [0.4, 0.5) is 16.2 Å². The molecule has 2 rings (SSSR count). The van der Waals surface area contributed by atoms with Gasteiger partial charge in [-0.3, -0.25) is 9.69 Å². The van der Waals surface area contributed by atoms with Gasteiger partial charge in [-0.2, -0.15) is 0 Å². The zero-order valence-corrected chi connectivity index (χ0v) is 17.3. The highest BCUT2D eigenvalue weighted by Gasteiger charge is 2.15. The van der Waals surface area contributed by atoms with Gasteiger partial charge in [-0.15, -0.1) is 0 Å². The maximum absolute atomic E-state index is 12.8. The number of para-hydroxylation sites is 1. The first-order valence-corrected chi connectivity index (χ1v) is 10.3. The number of carbonyl (C=O) groups is 2. The van der Waals surface area contributed by atoms with Crippen LogP contribution in [-0.4, -0.2) is 31.6 Å². The van der Waals surface area contributed by atoms with Gasteiger partial charge in [0.2, 0.25) is 5.91 Å². The lowest BCUT2D eigenvalue weighted by Crippen LogP contribution is -2.37. The van der Waals surface area contributed by atoms with Crippen LogP contribution < -0.4 is 21.3 Å². The Bertz CT molecular complexity index is 753. The van der Waals surface area contributed by atoms with Crippen LogP contribution in [0.2, 0.25) is 5.02 Å². The standard InChI is InChI=1S/C22H29ClN4O2/c23-18-11-13-19(14-12-18)26-22(29)27(20-8-3-1-4-9-20)17-7-16-25-21(28)10-5-2-6-15-24/h1,3-4,8-9,11-14H,2,5-7,10,15-17,24H2,(H,25,28)(H,26,29). The molecule has 0 fully saturated rings. The summed E-state index contributed by atoms with van der Waals surface area (Å²) in [5, 5.41) is 6.42. The lowest BCUT2D eigenvalue weighted by Gasteiger charge is -2.23. The Morgan fingerprint density at radius 2 is 1.66 bits per heavy atom. The normalized spacial score (nSPS) is 10.4. The monoisotopic (exact) mass is 416 g/mol. The van der Waals surface area contributed by atoms with Crippen molar-refractivity contribution in [2.45, 2.75) is 32.1 Å². The molecule has 0 aliphatic carbocycles. The van der Waals surface area contributed by atoms with Crippen molar-refractivity contribution < 1.29 is 9.59 Å². The molecule has 0 heterocycles. The van der Waals surface area contributed by atoms with E-state index in [1.807, 2.05) is 30.3 Å². The number of halogens is 1. The Morgan fingerprint density at radius 1 is 0.931 bits per heavy atom. The van der Waals surface area contributed by atoms with E-state index in [4.69, 9.17) is 17.3 Å². The maximum Gasteiger partial charge on any atom is 0.326 e. The first-order valence-electron chi connectivity index (χ1n) is 9.96. The third-order valence-corrected chi connectivity index (χ3v) is 4.65. The van der Waals surface area contributed by atoms with E-state index in [1.54, 1.807) is 29.2 Å². The molecule has 2 aromatic rings. The van der Waals surface area contributed by atoms with E-state index in [0.717, 1.165) is 24.9 Å². The van der Waals surface area contributed by atoms with E-state index in [9.17, 15) is 9.59 Å². The Kier molecular flexibility index (Phi) is 10.0. The number of benzene rings is 2. The molecule has 0 aliphatic heterocycles. The molecule has 7 heteroatoms. The number of hydrogen-bond acceptors (Lipinski definition) is 3. The lowest BCUT2D eigenvalue weighted by atomic mass is 10.2. The van der Waals surface area contributed by atoms with E-state index in [2.05, 4.69) is 10.6 Å². The van der Waals surface area contributed by atoms with Gasteiger partial charge in [0.25, 0.3) is 0 Å². The number of urea groups is 1. The third kappa shape index (κ3) is 8.54. The van der Waals surface area contributed by atoms with Crippen molar-refractivity contribution >= 4 is 34.9 Å². The summed E-state index contributed by atoms with van der Waals surface area (Å²) in [6.07, 6.45) is 3.93. The van der Waals surface area contributed by atoms with Crippen LogP contribution in [0.1, 0.15) is 32.1 Å². The zero-order chi connectivity index (χ0) is 20.9. The molecule has 0 saturated heterocycles. The van der Waals surface area contributed by atoms with Crippen molar-refractivity contribution in [1.29, 1.82) is 0 Å². The van der Waals surface area contributed by atoms with Crippen LogP contribution in [0.15, 0.2) is 54.6 Å². The van der Waals surface area contributed by atoms with Gasteiger partial charge in [0.1, 0.15) is 0 Å². The van der Waals surface area contributed by atoms with Gasteiger partial charge in [-0.05, 0) is 62.2 Å². The molecule has 0 atom stereocenters. The summed E-state index contributed by atoms with van der Waals surface area (Å²) < 4.78 is 0. The Morgan fingerprint density at radius 3 is 2.34 bits per heavy atom. The molecule has 0 saturated carbocycles. The van der Waals surface area contributed by atoms with Crippen molar-refractivity contribution in [2.24, 2.45) is 5.73 Å². The summed E-state index contributed by atoms with van der Waals surface area (Å²) >= 11 is 5.90. The summed E-state index contributed by atoms with van der Waals surface area (Å²) in [6.45, 7) is 1.67. The fraction of sp³-hybridized carbons (Fsp3) is 0.364.